The molecule has 3 nitrogen and oxygen atoms in total. The highest BCUT2D eigenvalue weighted by atomic mass is 35.5. The summed E-state index contributed by atoms with van der Waals surface area (Å²) in [6.07, 6.45) is 0. The molecule has 1 aromatic carbocycles. The predicted octanol–water partition coefficient (Wildman–Crippen LogP) is 5.10. The van der Waals surface area contributed by atoms with E-state index in [4.69, 9.17) is 23.2 Å². The van der Waals surface area contributed by atoms with Crippen LogP contribution in [0.1, 0.15) is 6.92 Å². The maximum Gasteiger partial charge on any atom is 0.225 e. The van der Waals surface area contributed by atoms with E-state index < -0.39 is 0 Å². The van der Waals surface area contributed by atoms with Crippen LogP contribution in [0.3, 0.4) is 0 Å². The van der Waals surface area contributed by atoms with Gasteiger partial charge in [0, 0.05) is 22.5 Å². The summed E-state index contributed by atoms with van der Waals surface area (Å²) in [6.45, 7) is 2.76. The molecule has 0 aliphatic rings. The number of anilines is 1. The van der Waals surface area contributed by atoms with Crippen molar-refractivity contribution in [1.29, 1.82) is 0 Å². The maximum atomic E-state index is 6.32. The van der Waals surface area contributed by atoms with E-state index in [0.29, 0.717) is 16.1 Å². The summed E-state index contributed by atoms with van der Waals surface area (Å²) in [5.41, 5.74) is 2.09. The van der Waals surface area contributed by atoms with Crippen molar-refractivity contribution in [3.8, 4) is 11.1 Å². The molecule has 6 heteroatoms. The Balaban J connectivity index is 2.16. The first-order valence-corrected chi connectivity index (χ1v) is 7.77. The highest BCUT2D eigenvalue weighted by molar-refractivity contribution is 7.17. The molecule has 1 N–H and O–H groups in total. The largest absolute Gasteiger partial charge is 0.354 e. The number of thiophene rings is 1. The SMILES string of the molecule is CCNc1nc(Cl)c2c(-c3ccc(Cl)cc3)csc2n1. The summed E-state index contributed by atoms with van der Waals surface area (Å²) >= 11 is 13.8. The molecular formula is C14H11Cl2N3S. The zero-order chi connectivity index (χ0) is 14.1. The van der Waals surface area contributed by atoms with Crippen molar-refractivity contribution in [3.63, 3.8) is 0 Å². The van der Waals surface area contributed by atoms with Gasteiger partial charge in [0.2, 0.25) is 5.95 Å². The molecule has 3 rings (SSSR count). The van der Waals surface area contributed by atoms with Gasteiger partial charge in [-0.1, -0.05) is 35.3 Å². The summed E-state index contributed by atoms with van der Waals surface area (Å²) in [5.74, 6) is 0.564. The maximum absolute atomic E-state index is 6.32. The van der Waals surface area contributed by atoms with Crippen molar-refractivity contribution in [2.24, 2.45) is 0 Å². The van der Waals surface area contributed by atoms with E-state index in [-0.39, 0.29) is 0 Å². The van der Waals surface area contributed by atoms with Crippen LogP contribution >= 0.6 is 34.5 Å². The molecule has 0 unspecified atom stereocenters. The van der Waals surface area contributed by atoms with Crippen molar-refractivity contribution in [1.82, 2.24) is 9.97 Å². The molecule has 20 heavy (non-hydrogen) atoms. The smallest absolute Gasteiger partial charge is 0.225 e. The minimum absolute atomic E-state index is 0.470. The van der Waals surface area contributed by atoms with E-state index in [9.17, 15) is 0 Å². The van der Waals surface area contributed by atoms with Crippen molar-refractivity contribution in [3.05, 3.63) is 39.8 Å². The summed E-state index contributed by atoms with van der Waals surface area (Å²) in [5, 5.41) is 7.20. The molecule has 0 aliphatic carbocycles. The Morgan fingerprint density at radius 2 is 1.90 bits per heavy atom. The van der Waals surface area contributed by atoms with Gasteiger partial charge in [0.15, 0.2) is 0 Å². The minimum Gasteiger partial charge on any atom is -0.354 e. The first kappa shape index (κ1) is 13.6. The van der Waals surface area contributed by atoms with Crippen LogP contribution in [0.2, 0.25) is 10.2 Å². The van der Waals surface area contributed by atoms with Gasteiger partial charge in [0.05, 0.1) is 5.39 Å². The lowest BCUT2D eigenvalue weighted by atomic mass is 10.1. The lowest BCUT2D eigenvalue weighted by molar-refractivity contribution is 1.11. The third-order valence-corrected chi connectivity index (χ3v) is 4.28. The summed E-state index contributed by atoms with van der Waals surface area (Å²) in [4.78, 5) is 9.65. The Bertz CT molecular complexity index is 753. The number of rotatable bonds is 3. The first-order chi connectivity index (χ1) is 9.69. The zero-order valence-electron chi connectivity index (χ0n) is 10.7. The molecule has 0 amide bonds. The second kappa shape index (κ2) is 5.56. The number of nitrogens with zero attached hydrogens (tertiary/aromatic N) is 2. The van der Waals surface area contributed by atoms with Gasteiger partial charge < -0.3 is 5.32 Å². The first-order valence-electron chi connectivity index (χ1n) is 6.13. The summed E-state index contributed by atoms with van der Waals surface area (Å²) in [7, 11) is 0. The number of halogens is 2. The molecule has 0 saturated heterocycles. The predicted molar refractivity (Wildman–Crippen MR) is 87.0 cm³/mol. The fourth-order valence-corrected chi connectivity index (χ4v) is 3.38. The van der Waals surface area contributed by atoms with Gasteiger partial charge in [-0.15, -0.1) is 11.3 Å². The Kier molecular flexibility index (Phi) is 3.78. The van der Waals surface area contributed by atoms with E-state index in [1.54, 1.807) is 11.3 Å². The van der Waals surface area contributed by atoms with Gasteiger partial charge >= 0.3 is 0 Å². The van der Waals surface area contributed by atoms with Gasteiger partial charge in [-0.05, 0) is 24.6 Å². The second-order valence-electron chi connectivity index (χ2n) is 4.20. The number of hydrogen-bond donors (Lipinski definition) is 1. The van der Waals surface area contributed by atoms with Crippen LogP contribution in [-0.4, -0.2) is 16.5 Å². The molecule has 0 atom stereocenters. The Hall–Kier alpha value is -1.36. The standard InChI is InChI=1S/C14H11Cl2N3S/c1-2-17-14-18-12(16)11-10(7-20-13(11)19-14)8-3-5-9(15)6-4-8/h3-7H,2H2,1H3,(H,17,18,19). The average Bonchev–Trinajstić information content (AvgIpc) is 2.84. The van der Waals surface area contributed by atoms with Crippen LogP contribution in [0, 0.1) is 0 Å². The average molecular weight is 324 g/mol. The molecule has 0 bridgehead atoms. The number of hydrogen-bond acceptors (Lipinski definition) is 4. The van der Waals surface area contributed by atoms with Gasteiger partial charge in [-0.2, -0.15) is 0 Å². The molecule has 0 aliphatic heterocycles. The monoisotopic (exact) mass is 323 g/mol. The summed E-state index contributed by atoms with van der Waals surface area (Å²) < 4.78 is 0. The minimum atomic E-state index is 0.470. The van der Waals surface area contributed by atoms with E-state index in [1.807, 2.05) is 36.6 Å². The third-order valence-electron chi connectivity index (χ3n) is 2.88. The fourth-order valence-electron chi connectivity index (χ4n) is 1.98. The van der Waals surface area contributed by atoms with Gasteiger partial charge in [-0.25, -0.2) is 9.97 Å². The Labute approximate surface area is 130 Å². The molecule has 0 radical (unpaired) electrons. The van der Waals surface area contributed by atoms with Crippen molar-refractivity contribution in [2.45, 2.75) is 6.92 Å². The quantitative estimate of drug-likeness (QED) is 0.681. The van der Waals surface area contributed by atoms with Crippen LogP contribution in [0.4, 0.5) is 5.95 Å². The van der Waals surface area contributed by atoms with Gasteiger partial charge in [0.1, 0.15) is 9.98 Å². The number of fused-ring (bicyclic) bond motifs is 1. The van der Waals surface area contributed by atoms with Crippen LogP contribution in [-0.2, 0) is 0 Å². The van der Waals surface area contributed by atoms with E-state index >= 15 is 0 Å². The number of benzene rings is 1. The summed E-state index contributed by atoms with van der Waals surface area (Å²) in [6, 6.07) is 7.67. The second-order valence-corrected chi connectivity index (χ2v) is 5.86. The highest BCUT2D eigenvalue weighted by Crippen LogP contribution is 2.37. The van der Waals surface area contributed by atoms with E-state index in [2.05, 4.69) is 15.3 Å². The molecule has 0 spiro atoms. The molecule has 2 heterocycles. The third kappa shape index (κ3) is 2.46. The Morgan fingerprint density at radius 1 is 1.15 bits per heavy atom. The lowest BCUT2D eigenvalue weighted by Crippen LogP contribution is -2.01. The van der Waals surface area contributed by atoms with Crippen molar-refractivity contribution >= 4 is 50.7 Å². The van der Waals surface area contributed by atoms with Crippen LogP contribution in [0.5, 0.6) is 0 Å². The normalized spacial score (nSPS) is 10.9. The molecule has 3 aromatic rings. The fraction of sp³-hybridized carbons (Fsp3) is 0.143. The van der Waals surface area contributed by atoms with E-state index in [1.165, 1.54) is 0 Å². The van der Waals surface area contributed by atoms with Crippen LogP contribution in [0.15, 0.2) is 29.6 Å². The zero-order valence-corrected chi connectivity index (χ0v) is 13.0. The molecule has 2 aromatic heterocycles. The lowest BCUT2D eigenvalue weighted by Gasteiger charge is -2.04. The topological polar surface area (TPSA) is 37.8 Å². The van der Waals surface area contributed by atoms with E-state index in [0.717, 1.165) is 27.9 Å². The number of nitrogens with one attached hydrogen (secondary N) is 1. The Morgan fingerprint density at radius 3 is 2.60 bits per heavy atom. The highest BCUT2D eigenvalue weighted by Gasteiger charge is 2.13. The molecule has 0 fully saturated rings. The molecule has 102 valence electrons. The molecular weight excluding hydrogens is 313 g/mol. The molecule has 0 saturated carbocycles. The number of aromatic nitrogens is 2. The van der Waals surface area contributed by atoms with Gasteiger partial charge in [0.25, 0.3) is 0 Å². The van der Waals surface area contributed by atoms with Gasteiger partial charge in [-0.3, -0.25) is 0 Å². The van der Waals surface area contributed by atoms with Crippen LogP contribution in [0.25, 0.3) is 21.3 Å². The van der Waals surface area contributed by atoms with Crippen molar-refractivity contribution < 1.29 is 0 Å². The van der Waals surface area contributed by atoms with Crippen molar-refractivity contribution in [2.75, 3.05) is 11.9 Å². The van der Waals surface area contributed by atoms with Crippen LogP contribution < -0.4 is 5.32 Å².